The molecule has 0 saturated heterocycles. The third-order valence-electron chi connectivity index (χ3n) is 5.52. The van der Waals surface area contributed by atoms with Crippen molar-refractivity contribution in [3.8, 4) is 0 Å². The van der Waals surface area contributed by atoms with Crippen molar-refractivity contribution in [3.05, 3.63) is 92.2 Å². The van der Waals surface area contributed by atoms with Crippen molar-refractivity contribution in [1.29, 1.82) is 0 Å². The normalized spacial score (nSPS) is 18.4. The van der Waals surface area contributed by atoms with E-state index in [1.807, 2.05) is 0 Å². The molecular weight excluding hydrogens is 545 g/mol. The van der Waals surface area contributed by atoms with Gasteiger partial charge in [0.05, 0.1) is 21.0 Å². The van der Waals surface area contributed by atoms with Gasteiger partial charge in [0.1, 0.15) is 10.2 Å². The van der Waals surface area contributed by atoms with Crippen molar-refractivity contribution in [3.63, 3.8) is 0 Å². The first kappa shape index (κ1) is 25.1. The number of amides is 1. The maximum Gasteiger partial charge on any atom is 0.231 e. The number of hydrogen-bond acceptors (Lipinski definition) is 3. The van der Waals surface area contributed by atoms with E-state index in [0.717, 1.165) is 6.07 Å². The molecule has 1 amide bonds. The number of benzene rings is 3. The third kappa shape index (κ3) is 5.14. The van der Waals surface area contributed by atoms with Crippen LogP contribution in [-0.2, 0) is 11.2 Å². The second-order valence-electron chi connectivity index (χ2n) is 7.98. The van der Waals surface area contributed by atoms with E-state index in [1.54, 1.807) is 24.3 Å². The zero-order valence-corrected chi connectivity index (χ0v) is 21.0. The summed E-state index contributed by atoms with van der Waals surface area (Å²) in [6.45, 7) is 0. The van der Waals surface area contributed by atoms with E-state index in [-0.39, 0.29) is 28.5 Å². The predicted molar refractivity (Wildman–Crippen MR) is 136 cm³/mol. The lowest BCUT2D eigenvalue weighted by Gasteiger charge is -2.10. The van der Waals surface area contributed by atoms with E-state index >= 15 is 0 Å². The third-order valence-corrected chi connectivity index (χ3v) is 7.53. The topological polar surface area (TPSA) is 72.2 Å². The van der Waals surface area contributed by atoms with Crippen LogP contribution in [0.5, 0.6) is 0 Å². The van der Waals surface area contributed by atoms with Gasteiger partial charge in [-0.3, -0.25) is 9.59 Å². The van der Waals surface area contributed by atoms with Crippen molar-refractivity contribution in [2.75, 3.05) is 11.1 Å². The molecule has 2 atom stereocenters. The van der Waals surface area contributed by atoms with Crippen LogP contribution in [0.25, 0.3) is 0 Å². The largest absolute Gasteiger partial charge is 0.399 e. The summed E-state index contributed by atoms with van der Waals surface area (Å²) in [5, 5.41) is 3.63. The molecule has 1 fully saturated rings. The maximum absolute atomic E-state index is 13.6. The Morgan fingerprint density at radius 2 is 1.65 bits per heavy atom. The van der Waals surface area contributed by atoms with Gasteiger partial charge in [0, 0.05) is 29.3 Å². The molecule has 3 aromatic rings. The van der Waals surface area contributed by atoms with Crippen LogP contribution in [0.15, 0.2) is 54.6 Å². The SMILES string of the molecule is Nc1cc(F)cc(CC(=O)c2cc(NC(=O)[C@H]3[C@H](c4ccc(Cl)c(Cl)c4)C3(Cl)Cl)ccc2Cl)c1. The van der Waals surface area contributed by atoms with Crippen molar-refractivity contribution in [2.24, 2.45) is 5.92 Å². The fraction of sp³-hybridized carbons (Fsp3) is 0.167. The molecule has 1 aliphatic rings. The summed E-state index contributed by atoms with van der Waals surface area (Å²) in [4.78, 5) is 25.8. The summed E-state index contributed by atoms with van der Waals surface area (Å²) in [6.07, 6.45) is -0.117. The first-order chi connectivity index (χ1) is 16.0. The number of Topliss-reactive ketones (excluding diaryl/α,β-unsaturated/α-hetero) is 1. The second-order valence-corrected chi connectivity index (χ2v) is 10.6. The lowest BCUT2D eigenvalue weighted by Crippen LogP contribution is -2.17. The molecule has 10 heteroatoms. The molecule has 4 rings (SSSR count). The van der Waals surface area contributed by atoms with Gasteiger partial charge in [-0.15, -0.1) is 23.2 Å². The van der Waals surface area contributed by atoms with Crippen molar-refractivity contribution in [1.82, 2.24) is 0 Å². The molecule has 3 N–H and O–H groups in total. The molecule has 3 aromatic carbocycles. The highest BCUT2D eigenvalue weighted by Crippen LogP contribution is 2.65. The number of ketones is 1. The summed E-state index contributed by atoms with van der Waals surface area (Å²) < 4.78 is 12.3. The van der Waals surface area contributed by atoms with Crippen LogP contribution >= 0.6 is 58.0 Å². The van der Waals surface area contributed by atoms with Crippen molar-refractivity contribution >= 4 is 81.1 Å². The zero-order valence-electron chi connectivity index (χ0n) is 17.2. The van der Waals surface area contributed by atoms with E-state index in [1.165, 1.54) is 24.3 Å². The van der Waals surface area contributed by atoms with Gasteiger partial charge >= 0.3 is 0 Å². The molecule has 0 heterocycles. The molecule has 0 bridgehead atoms. The number of rotatable bonds is 6. The fourth-order valence-corrected chi connectivity index (χ4v) is 5.23. The minimum absolute atomic E-state index is 0.117. The van der Waals surface area contributed by atoms with Crippen LogP contribution in [0, 0.1) is 11.7 Å². The molecule has 34 heavy (non-hydrogen) atoms. The predicted octanol–water partition coefficient (Wildman–Crippen LogP) is 7.32. The molecular formula is C24H16Cl5FN2O2. The highest BCUT2D eigenvalue weighted by atomic mass is 35.5. The van der Waals surface area contributed by atoms with Crippen LogP contribution in [0.2, 0.25) is 15.1 Å². The molecule has 1 saturated carbocycles. The minimum atomic E-state index is -1.33. The van der Waals surface area contributed by atoms with Gasteiger partial charge in [-0.2, -0.15) is 0 Å². The number of halogens is 6. The van der Waals surface area contributed by atoms with Crippen LogP contribution < -0.4 is 11.1 Å². The highest BCUT2D eigenvalue weighted by Gasteiger charge is 2.67. The molecule has 4 nitrogen and oxygen atoms in total. The number of alkyl halides is 2. The standard InChI is InChI=1S/C24H16Cl5FN2O2/c25-17-4-2-15(10-16(17)20(33)7-11-5-13(30)9-14(31)6-11)32-23(34)22-21(24(22,28)29)12-1-3-18(26)19(27)8-12/h1-6,8-10,21-22H,7,31H2,(H,32,34)/t21-,22+/m0/s1. The molecule has 0 spiro atoms. The van der Waals surface area contributed by atoms with Gasteiger partial charge in [0.2, 0.25) is 5.91 Å². The molecule has 0 aliphatic heterocycles. The Morgan fingerprint density at radius 3 is 2.32 bits per heavy atom. The molecule has 0 radical (unpaired) electrons. The van der Waals surface area contributed by atoms with Gasteiger partial charge in [-0.1, -0.05) is 40.9 Å². The van der Waals surface area contributed by atoms with E-state index in [2.05, 4.69) is 5.32 Å². The van der Waals surface area contributed by atoms with Gasteiger partial charge in [0.15, 0.2) is 5.78 Å². The summed E-state index contributed by atoms with van der Waals surface area (Å²) >= 11 is 31.0. The smallest absolute Gasteiger partial charge is 0.231 e. The average Bonchev–Trinajstić information content (AvgIpc) is 3.32. The Labute approximate surface area is 220 Å². The first-order valence-electron chi connectivity index (χ1n) is 9.98. The number of nitrogens with one attached hydrogen (secondary N) is 1. The average molecular weight is 561 g/mol. The van der Waals surface area contributed by atoms with Crippen LogP contribution in [0.3, 0.4) is 0 Å². The van der Waals surface area contributed by atoms with Gasteiger partial charge in [0.25, 0.3) is 0 Å². The van der Waals surface area contributed by atoms with Crippen molar-refractivity contribution in [2.45, 2.75) is 16.7 Å². The Bertz CT molecular complexity index is 1290. The number of carbonyl (C=O) groups is 2. The minimum Gasteiger partial charge on any atom is -0.399 e. The van der Waals surface area contributed by atoms with Crippen molar-refractivity contribution < 1.29 is 14.0 Å². The first-order valence-corrected chi connectivity index (χ1v) is 11.9. The molecule has 0 aromatic heterocycles. The molecule has 0 unspecified atom stereocenters. The molecule has 176 valence electrons. The zero-order chi connectivity index (χ0) is 24.8. The highest BCUT2D eigenvalue weighted by molar-refractivity contribution is 6.53. The Morgan fingerprint density at radius 1 is 0.941 bits per heavy atom. The summed E-state index contributed by atoms with van der Waals surface area (Å²) in [7, 11) is 0. The Balaban J connectivity index is 1.51. The number of carbonyl (C=O) groups excluding carboxylic acids is 2. The summed E-state index contributed by atoms with van der Waals surface area (Å²) in [5.74, 6) is -2.58. The Kier molecular flexibility index (Phi) is 7.05. The van der Waals surface area contributed by atoms with E-state index < -0.39 is 27.9 Å². The number of anilines is 2. The quantitative estimate of drug-likeness (QED) is 0.189. The Hall–Kier alpha value is -2.02. The van der Waals surface area contributed by atoms with Gasteiger partial charge in [-0.25, -0.2) is 4.39 Å². The van der Waals surface area contributed by atoms with Gasteiger partial charge in [-0.05, 0) is 59.7 Å². The van der Waals surface area contributed by atoms with Crippen LogP contribution in [-0.4, -0.2) is 16.0 Å². The van der Waals surface area contributed by atoms with E-state index in [4.69, 9.17) is 63.7 Å². The van der Waals surface area contributed by atoms with E-state index in [0.29, 0.717) is 26.9 Å². The van der Waals surface area contributed by atoms with E-state index in [9.17, 15) is 14.0 Å². The monoisotopic (exact) mass is 558 g/mol. The number of nitrogen functional groups attached to an aromatic ring is 1. The van der Waals surface area contributed by atoms with Gasteiger partial charge < -0.3 is 11.1 Å². The lowest BCUT2D eigenvalue weighted by atomic mass is 10.0. The van der Waals surface area contributed by atoms with Crippen LogP contribution in [0.1, 0.15) is 27.4 Å². The van der Waals surface area contributed by atoms with Crippen LogP contribution in [0.4, 0.5) is 15.8 Å². The lowest BCUT2D eigenvalue weighted by molar-refractivity contribution is -0.117. The molecule has 1 aliphatic carbocycles. The number of nitrogens with two attached hydrogens (primary N) is 1. The maximum atomic E-state index is 13.6. The second kappa shape index (κ2) is 9.56. The number of hydrogen-bond donors (Lipinski definition) is 2. The summed E-state index contributed by atoms with van der Waals surface area (Å²) in [5.41, 5.74) is 7.45. The summed E-state index contributed by atoms with van der Waals surface area (Å²) in [6, 6.07) is 13.3. The fourth-order valence-electron chi connectivity index (χ4n) is 3.87.